The third-order valence-corrected chi connectivity index (χ3v) is 4.41. The van der Waals surface area contributed by atoms with Gasteiger partial charge < -0.3 is 5.32 Å². The van der Waals surface area contributed by atoms with Crippen LogP contribution in [0.2, 0.25) is 0 Å². The molecule has 1 fully saturated rings. The molecule has 1 aliphatic rings. The molecule has 2 aromatic rings. The number of carbonyl (C=O) groups excluding carboxylic acids is 2. The lowest BCUT2D eigenvalue weighted by molar-refractivity contribution is -0.118. The molecule has 6 heteroatoms. The number of hydrogen-bond donors (Lipinski definition) is 1. The van der Waals surface area contributed by atoms with E-state index in [-0.39, 0.29) is 18.1 Å². The Kier molecular flexibility index (Phi) is 4.52. The van der Waals surface area contributed by atoms with Crippen molar-refractivity contribution < 1.29 is 9.59 Å². The summed E-state index contributed by atoms with van der Waals surface area (Å²) in [7, 11) is 0. The number of carbonyl (C=O) groups is 2. The highest BCUT2D eigenvalue weighted by molar-refractivity contribution is 8.15. The van der Waals surface area contributed by atoms with Crippen molar-refractivity contribution in [2.75, 3.05) is 0 Å². The third-order valence-electron chi connectivity index (χ3n) is 3.33. The Hall–Kier alpha value is -2.47. The summed E-state index contributed by atoms with van der Waals surface area (Å²) in [6.45, 7) is 1.88. The number of ketones is 1. The summed E-state index contributed by atoms with van der Waals surface area (Å²) in [5, 5.41) is 2.74. The SMILES string of the molecule is Cc1cccc(/N=C2/NC(=O)C(CC(=O)c3ccccc3)S2)n1. The second-order valence-electron chi connectivity index (χ2n) is 5.14. The minimum atomic E-state index is -0.453. The predicted molar refractivity (Wildman–Crippen MR) is 91.0 cm³/mol. The molecule has 0 radical (unpaired) electrons. The first-order valence-corrected chi connectivity index (χ1v) is 8.08. The van der Waals surface area contributed by atoms with E-state index < -0.39 is 5.25 Å². The van der Waals surface area contributed by atoms with Crippen LogP contribution in [0, 0.1) is 6.92 Å². The van der Waals surface area contributed by atoms with E-state index >= 15 is 0 Å². The van der Waals surface area contributed by atoms with Crippen LogP contribution >= 0.6 is 11.8 Å². The fourth-order valence-corrected chi connectivity index (χ4v) is 3.17. The first-order valence-electron chi connectivity index (χ1n) is 7.20. The molecular formula is C17H15N3O2S. The molecule has 1 aromatic carbocycles. The molecule has 0 bridgehead atoms. The number of aliphatic imine (C=N–C) groups is 1. The molecule has 1 amide bonds. The molecule has 23 heavy (non-hydrogen) atoms. The van der Waals surface area contributed by atoms with E-state index in [9.17, 15) is 9.59 Å². The summed E-state index contributed by atoms with van der Waals surface area (Å²) in [6.07, 6.45) is 0.154. The number of aryl methyl sites for hydroxylation is 1. The lowest BCUT2D eigenvalue weighted by Crippen LogP contribution is -2.26. The number of benzene rings is 1. The van der Waals surface area contributed by atoms with E-state index in [4.69, 9.17) is 0 Å². The van der Waals surface area contributed by atoms with Crippen molar-refractivity contribution in [3.05, 3.63) is 59.8 Å². The summed E-state index contributed by atoms with van der Waals surface area (Å²) in [5.74, 6) is 0.307. The van der Waals surface area contributed by atoms with Gasteiger partial charge in [0.1, 0.15) is 0 Å². The van der Waals surface area contributed by atoms with Crippen LogP contribution in [0.3, 0.4) is 0 Å². The number of nitrogens with one attached hydrogen (secondary N) is 1. The summed E-state index contributed by atoms with van der Waals surface area (Å²) >= 11 is 1.27. The standard InChI is InChI=1S/C17H15N3O2S/c1-11-6-5-9-15(18-11)19-17-20-16(22)14(23-17)10-13(21)12-7-3-2-4-8-12/h2-9,14H,10H2,1H3,(H,18,19,20,22). The maximum Gasteiger partial charge on any atom is 0.240 e. The average molecular weight is 325 g/mol. The van der Waals surface area contributed by atoms with Crippen molar-refractivity contribution >= 4 is 34.4 Å². The zero-order chi connectivity index (χ0) is 16.2. The van der Waals surface area contributed by atoms with Crippen molar-refractivity contribution in [3.63, 3.8) is 0 Å². The number of pyridine rings is 1. The van der Waals surface area contributed by atoms with Crippen LogP contribution < -0.4 is 5.32 Å². The lowest BCUT2D eigenvalue weighted by atomic mass is 10.1. The largest absolute Gasteiger partial charge is 0.304 e. The Morgan fingerprint density at radius 3 is 2.74 bits per heavy atom. The van der Waals surface area contributed by atoms with Crippen LogP contribution in [-0.2, 0) is 4.79 Å². The van der Waals surface area contributed by atoms with Crippen LogP contribution in [-0.4, -0.2) is 27.1 Å². The van der Waals surface area contributed by atoms with Crippen LogP contribution in [0.25, 0.3) is 0 Å². The van der Waals surface area contributed by atoms with Crippen molar-refractivity contribution in [1.29, 1.82) is 0 Å². The summed E-state index contributed by atoms with van der Waals surface area (Å²) in [4.78, 5) is 32.8. The van der Waals surface area contributed by atoms with Gasteiger partial charge in [0, 0.05) is 17.7 Å². The molecule has 0 saturated carbocycles. The number of thioether (sulfide) groups is 1. The number of nitrogens with zero attached hydrogens (tertiary/aromatic N) is 2. The molecule has 0 spiro atoms. The van der Waals surface area contributed by atoms with Gasteiger partial charge in [-0.15, -0.1) is 0 Å². The quantitative estimate of drug-likeness (QED) is 0.878. The molecule has 116 valence electrons. The highest BCUT2D eigenvalue weighted by atomic mass is 32.2. The molecule has 1 unspecified atom stereocenters. The molecule has 2 heterocycles. The van der Waals surface area contributed by atoms with Gasteiger partial charge >= 0.3 is 0 Å². The van der Waals surface area contributed by atoms with Gasteiger partial charge in [0.15, 0.2) is 16.8 Å². The highest BCUT2D eigenvalue weighted by Gasteiger charge is 2.32. The third kappa shape index (κ3) is 3.84. The van der Waals surface area contributed by atoms with E-state index in [0.717, 1.165) is 5.69 Å². The van der Waals surface area contributed by atoms with E-state index in [0.29, 0.717) is 16.5 Å². The number of Topliss-reactive ketones (excluding diaryl/α,β-unsaturated/α-hetero) is 1. The minimum absolute atomic E-state index is 0.0480. The molecule has 1 aliphatic heterocycles. The zero-order valence-corrected chi connectivity index (χ0v) is 13.3. The van der Waals surface area contributed by atoms with Crippen LogP contribution in [0.4, 0.5) is 5.82 Å². The maximum absolute atomic E-state index is 12.2. The first-order chi connectivity index (χ1) is 11.1. The topological polar surface area (TPSA) is 71.4 Å². The van der Waals surface area contributed by atoms with Crippen LogP contribution in [0.15, 0.2) is 53.5 Å². The zero-order valence-electron chi connectivity index (χ0n) is 12.5. The molecule has 0 aliphatic carbocycles. The maximum atomic E-state index is 12.2. The van der Waals surface area contributed by atoms with E-state index in [1.165, 1.54) is 11.8 Å². The number of aromatic nitrogens is 1. The Bertz CT molecular complexity index is 774. The fourth-order valence-electron chi connectivity index (χ4n) is 2.20. The van der Waals surface area contributed by atoms with Crippen molar-refractivity contribution in [2.24, 2.45) is 4.99 Å². The Balaban J connectivity index is 1.69. The molecule has 5 nitrogen and oxygen atoms in total. The van der Waals surface area contributed by atoms with Crippen LogP contribution in [0.5, 0.6) is 0 Å². The van der Waals surface area contributed by atoms with Gasteiger partial charge in [0.2, 0.25) is 5.91 Å². The molecule has 3 rings (SSSR count). The number of amidine groups is 1. The van der Waals surface area contributed by atoms with Crippen molar-refractivity contribution in [1.82, 2.24) is 10.3 Å². The molecule has 1 atom stereocenters. The summed E-state index contributed by atoms with van der Waals surface area (Å²) < 4.78 is 0. The van der Waals surface area contributed by atoms with Crippen molar-refractivity contribution in [2.45, 2.75) is 18.6 Å². The van der Waals surface area contributed by atoms with E-state index in [1.54, 1.807) is 18.2 Å². The highest BCUT2D eigenvalue weighted by Crippen LogP contribution is 2.25. The average Bonchev–Trinajstić information content (AvgIpc) is 2.87. The number of amides is 1. The Morgan fingerprint density at radius 1 is 1.22 bits per heavy atom. The lowest BCUT2D eigenvalue weighted by Gasteiger charge is -2.04. The van der Waals surface area contributed by atoms with Gasteiger partial charge in [-0.2, -0.15) is 0 Å². The summed E-state index contributed by atoms with van der Waals surface area (Å²) in [6, 6.07) is 14.5. The van der Waals surface area contributed by atoms with Gasteiger partial charge in [-0.3, -0.25) is 9.59 Å². The number of rotatable bonds is 4. The van der Waals surface area contributed by atoms with E-state index in [1.807, 2.05) is 37.3 Å². The first kappa shape index (κ1) is 15.4. The van der Waals surface area contributed by atoms with Gasteiger partial charge in [-0.25, -0.2) is 9.98 Å². The molecule has 1 aromatic heterocycles. The Labute approximate surface area is 138 Å². The van der Waals surface area contributed by atoms with Crippen molar-refractivity contribution in [3.8, 4) is 0 Å². The Morgan fingerprint density at radius 2 is 2.00 bits per heavy atom. The smallest absolute Gasteiger partial charge is 0.240 e. The predicted octanol–water partition coefficient (Wildman–Crippen LogP) is 2.88. The fraction of sp³-hybridized carbons (Fsp3) is 0.176. The van der Waals surface area contributed by atoms with Gasteiger partial charge in [0.05, 0.1) is 5.25 Å². The monoisotopic (exact) mass is 325 g/mol. The van der Waals surface area contributed by atoms with E-state index in [2.05, 4.69) is 15.3 Å². The number of hydrogen-bond acceptors (Lipinski definition) is 5. The van der Waals surface area contributed by atoms with Crippen LogP contribution in [0.1, 0.15) is 22.5 Å². The second-order valence-corrected chi connectivity index (χ2v) is 6.33. The molecule has 1 N–H and O–H groups in total. The van der Waals surface area contributed by atoms with Gasteiger partial charge in [0.25, 0.3) is 0 Å². The molecular weight excluding hydrogens is 310 g/mol. The van der Waals surface area contributed by atoms with Gasteiger partial charge in [-0.05, 0) is 19.1 Å². The second kappa shape index (κ2) is 6.75. The summed E-state index contributed by atoms with van der Waals surface area (Å²) in [5.41, 5.74) is 1.48. The molecule has 1 saturated heterocycles. The minimum Gasteiger partial charge on any atom is -0.304 e. The normalized spacial score (nSPS) is 18.9. The van der Waals surface area contributed by atoms with Gasteiger partial charge in [-0.1, -0.05) is 48.2 Å².